The Morgan fingerprint density at radius 3 is 2.41 bits per heavy atom. The summed E-state index contributed by atoms with van der Waals surface area (Å²) in [5.41, 5.74) is 5.02. The van der Waals surface area contributed by atoms with E-state index in [1.807, 2.05) is 18.2 Å². The van der Waals surface area contributed by atoms with Gasteiger partial charge in [-0.3, -0.25) is 0 Å². The topological polar surface area (TPSA) is 44.7 Å². The molecule has 37 heavy (non-hydrogen) atoms. The summed E-state index contributed by atoms with van der Waals surface area (Å²) >= 11 is 0. The molecule has 1 fully saturated rings. The summed E-state index contributed by atoms with van der Waals surface area (Å²) in [6.45, 7) is 4.38. The fourth-order valence-corrected chi connectivity index (χ4v) is 5.41. The molecule has 0 spiro atoms. The number of anilines is 1. The van der Waals surface area contributed by atoms with E-state index in [1.165, 1.54) is 44.5 Å². The van der Waals surface area contributed by atoms with Gasteiger partial charge in [-0.1, -0.05) is 36.8 Å². The molecule has 0 saturated carbocycles. The largest absolute Gasteiger partial charge is 0.508 e. The summed E-state index contributed by atoms with van der Waals surface area (Å²) in [7, 11) is 0. The molecule has 2 N–H and O–H groups in total. The van der Waals surface area contributed by atoms with Crippen molar-refractivity contribution in [3.63, 3.8) is 0 Å². The van der Waals surface area contributed by atoms with Crippen LogP contribution in [0.2, 0.25) is 0 Å². The molecule has 1 atom stereocenters. The van der Waals surface area contributed by atoms with Gasteiger partial charge in [-0.25, -0.2) is 4.39 Å². The zero-order valence-corrected chi connectivity index (χ0v) is 22.1. The normalized spacial score (nSPS) is 16.5. The fraction of sp³-hybridized carbons (Fsp3) is 0.267. The van der Waals surface area contributed by atoms with Crippen LogP contribution in [-0.2, 0) is 0 Å². The number of hydrogen-bond donors (Lipinski definition) is 2. The van der Waals surface area contributed by atoms with Gasteiger partial charge in [0.15, 0.2) is 6.10 Å². The zero-order chi connectivity index (χ0) is 23.8. The standard InChI is InChI=1S/C30H29FN2O2.2ClH/c31-22-7-12-26-27-11-6-21-18-24(34)10-13-25(21)29(27)30(35-28(26)19-22)20-4-8-23(9-5-20)32-14-17-33-15-2-1-3-16-33;;/h4-13,18-19,30,32,34H,1-3,14-17H2;2*1H. The minimum Gasteiger partial charge on any atom is -0.508 e. The molecule has 0 aromatic heterocycles. The van der Waals surface area contributed by atoms with E-state index in [0.717, 1.165) is 51.8 Å². The van der Waals surface area contributed by atoms with Crippen molar-refractivity contribution in [2.75, 3.05) is 31.5 Å². The molecule has 0 aliphatic carbocycles. The van der Waals surface area contributed by atoms with Gasteiger partial charge in [-0.05, 0) is 84.2 Å². The summed E-state index contributed by atoms with van der Waals surface area (Å²) in [4.78, 5) is 2.52. The number of phenolic OH excluding ortho intramolecular Hbond substituents is 1. The van der Waals surface area contributed by atoms with E-state index in [1.54, 1.807) is 18.2 Å². The van der Waals surface area contributed by atoms with Crippen molar-refractivity contribution >= 4 is 41.3 Å². The number of phenols is 1. The van der Waals surface area contributed by atoms with Crippen molar-refractivity contribution in [1.29, 1.82) is 0 Å². The first-order valence-corrected chi connectivity index (χ1v) is 12.4. The summed E-state index contributed by atoms with van der Waals surface area (Å²) in [6.07, 6.45) is 3.58. The number of nitrogens with one attached hydrogen (secondary N) is 1. The Labute approximate surface area is 229 Å². The second-order valence-electron chi connectivity index (χ2n) is 9.52. The van der Waals surface area contributed by atoms with Gasteiger partial charge in [0, 0.05) is 36.0 Å². The van der Waals surface area contributed by atoms with Crippen molar-refractivity contribution in [3.05, 3.63) is 89.7 Å². The fourth-order valence-electron chi connectivity index (χ4n) is 5.41. The number of rotatable bonds is 5. The van der Waals surface area contributed by atoms with Gasteiger partial charge in [-0.15, -0.1) is 24.8 Å². The number of aromatic hydroxyl groups is 1. The van der Waals surface area contributed by atoms with Crippen molar-refractivity contribution in [1.82, 2.24) is 4.90 Å². The van der Waals surface area contributed by atoms with Crippen LogP contribution in [0.5, 0.6) is 11.5 Å². The Kier molecular flexibility index (Phi) is 8.48. The first kappa shape index (κ1) is 27.1. The SMILES string of the molecule is Cl.Cl.Oc1ccc2c3c(ccc2c1)-c1ccc(F)cc1OC3c1ccc(NCCN2CCCCC2)cc1. The minimum atomic E-state index is -0.380. The van der Waals surface area contributed by atoms with E-state index in [-0.39, 0.29) is 42.5 Å². The molecule has 0 amide bonds. The van der Waals surface area contributed by atoms with E-state index < -0.39 is 0 Å². The first-order valence-electron chi connectivity index (χ1n) is 12.4. The summed E-state index contributed by atoms with van der Waals surface area (Å²) in [5, 5.41) is 15.5. The number of piperidine rings is 1. The molecule has 1 saturated heterocycles. The highest BCUT2D eigenvalue weighted by Crippen LogP contribution is 2.48. The van der Waals surface area contributed by atoms with E-state index in [4.69, 9.17) is 4.74 Å². The molecule has 4 aromatic rings. The van der Waals surface area contributed by atoms with Gasteiger partial charge in [-0.2, -0.15) is 0 Å². The Morgan fingerprint density at radius 2 is 1.62 bits per heavy atom. The van der Waals surface area contributed by atoms with Gasteiger partial charge in [0.05, 0.1) is 0 Å². The van der Waals surface area contributed by atoms with Crippen molar-refractivity contribution in [2.45, 2.75) is 25.4 Å². The lowest BCUT2D eigenvalue weighted by Crippen LogP contribution is -2.33. The first-order chi connectivity index (χ1) is 17.2. The van der Waals surface area contributed by atoms with Crippen LogP contribution in [0.25, 0.3) is 21.9 Å². The lowest BCUT2D eigenvalue weighted by Gasteiger charge is -2.30. The molecule has 2 aliphatic rings. The Bertz CT molecular complexity index is 1370. The van der Waals surface area contributed by atoms with E-state index in [2.05, 4.69) is 34.5 Å². The maximum Gasteiger partial charge on any atom is 0.150 e. The second-order valence-corrected chi connectivity index (χ2v) is 9.52. The molecule has 4 aromatic carbocycles. The molecule has 194 valence electrons. The number of fused-ring (bicyclic) bond motifs is 5. The number of likely N-dealkylation sites (tertiary alicyclic amines) is 1. The zero-order valence-electron chi connectivity index (χ0n) is 20.5. The van der Waals surface area contributed by atoms with Crippen molar-refractivity contribution in [3.8, 4) is 22.6 Å². The highest BCUT2D eigenvalue weighted by Gasteiger charge is 2.29. The van der Waals surface area contributed by atoms with Crippen LogP contribution in [-0.4, -0.2) is 36.2 Å². The molecular formula is C30H31Cl2FN2O2. The monoisotopic (exact) mass is 540 g/mol. The average Bonchev–Trinajstić information content (AvgIpc) is 2.88. The van der Waals surface area contributed by atoms with Crippen LogP contribution in [0.3, 0.4) is 0 Å². The van der Waals surface area contributed by atoms with Crippen LogP contribution in [0, 0.1) is 5.82 Å². The van der Waals surface area contributed by atoms with Crippen LogP contribution in [0.15, 0.2) is 72.8 Å². The minimum absolute atomic E-state index is 0. The van der Waals surface area contributed by atoms with Crippen LogP contribution in [0.1, 0.15) is 36.5 Å². The van der Waals surface area contributed by atoms with Gasteiger partial charge in [0.1, 0.15) is 17.3 Å². The van der Waals surface area contributed by atoms with Gasteiger partial charge >= 0.3 is 0 Å². The lowest BCUT2D eigenvalue weighted by atomic mass is 9.86. The summed E-state index contributed by atoms with van der Waals surface area (Å²) < 4.78 is 20.5. The maximum atomic E-state index is 14.1. The molecule has 1 unspecified atom stereocenters. The molecule has 0 bridgehead atoms. The average molecular weight is 541 g/mol. The van der Waals surface area contributed by atoms with E-state index in [9.17, 15) is 9.50 Å². The van der Waals surface area contributed by atoms with E-state index >= 15 is 0 Å². The summed E-state index contributed by atoms with van der Waals surface area (Å²) in [6, 6.07) is 22.5. The highest BCUT2D eigenvalue weighted by molar-refractivity contribution is 5.95. The Hall–Kier alpha value is -2.99. The highest BCUT2D eigenvalue weighted by atomic mass is 35.5. The number of hydrogen-bond acceptors (Lipinski definition) is 4. The van der Waals surface area contributed by atoms with Crippen molar-refractivity contribution < 1.29 is 14.2 Å². The number of nitrogens with zero attached hydrogens (tertiary/aromatic N) is 1. The van der Waals surface area contributed by atoms with Crippen LogP contribution < -0.4 is 10.1 Å². The summed E-state index contributed by atoms with van der Waals surface area (Å²) in [5.74, 6) is 0.461. The number of halogens is 3. The quantitative estimate of drug-likeness (QED) is 0.274. The molecule has 0 radical (unpaired) electrons. The van der Waals surface area contributed by atoms with Crippen LogP contribution in [0.4, 0.5) is 10.1 Å². The van der Waals surface area contributed by atoms with Crippen LogP contribution >= 0.6 is 24.8 Å². The Balaban J connectivity index is 0.00000160. The number of benzene rings is 4. The third kappa shape index (κ3) is 5.49. The maximum absolute atomic E-state index is 14.1. The van der Waals surface area contributed by atoms with Gasteiger partial charge < -0.3 is 20.1 Å². The molecule has 2 heterocycles. The third-order valence-electron chi connectivity index (χ3n) is 7.21. The predicted molar refractivity (Wildman–Crippen MR) is 153 cm³/mol. The Morgan fingerprint density at radius 1 is 0.865 bits per heavy atom. The third-order valence-corrected chi connectivity index (χ3v) is 7.21. The van der Waals surface area contributed by atoms with E-state index in [0.29, 0.717) is 5.75 Å². The molecule has 2 aliphatic heterocycles. The van der Waals surface area contributed by atoms with Gasteiger partial charge in [0.25, 0.3) is 0 Å². The van der Waals surface area contributed by atoms with Gasteiger partial charge in [0.2, 0.25) is 0 Å². The van der Waals surface area contributed by atoms with Crippen molar-refractivity contribution in [2.24, 2.45) is 0 Å². The lowest BCUT2D eigenvalue weighted by molar-refractivity contribution is 0.237. The predicted octanol–water partition coefficient (Wildman–Crippen LogP) is 7.57. The smallest absolute Gasteiger partial charge is 0.150 e. The molecule has 7 heteroatoms. The number of ether oxygens (including phenoxy) is 1. The molecule has 6 rings (SSSR count). The molecular weight excluding hydrogens is 510 g/mol. The molecule has 4 nitrogen and oxygen atoms in total. The second kappa shape index (κ2) is 11.6.